The van der Waals surface area contributed by atoms with Gasteiger partial charge in [-0.25, -0.2) is 9.37 Å². The third kappa shape index (κ3) is 3.48. The van der Waals surface area contributed by atoms with Crippen LogP contribution >= 0.6 is 0 Å². The highest BCUT2D eigenvalue weighted by molar-refractivity contribution is 5.55. The lowest BCUT2D eigenvalue weighted by Gasteiger charge is -2.06. The van der Waals surface area contributed by atoms with Crippen molar-refractivity contribution in [3.8, 4) is 0 Å². The van der Waals surface area contributed by atoms with Gasteiger partial charge in [-0.1, -0.05) is 12.1 Å². The molecule has 2 aromatic rings. The van der Waals surface area contributed by atoms with Gasteiger partial charge < -0.3 is 5.32 Å². The predicted molar refractivity (Wildman–Crippen MR) is 69.5 cm³/mol. The van der Waals surface area contributed by atoms with E-state index in [0.29, 0.717) is 13.0 Å². The first-order valence-electron chi connectivity index (χ1n) is 5.74. The minimum Gasteiger partial charge on any atom is -0.364 e. The molecule has 19 heavy (non-hydrogen) atoms. The molecule has 0 atom stereocenters. The van der Waals surface area contributed by atoms with Gasteiger partial charge in [-0.2, -0.15) is 0 Å². The Morgan fingerprint density at radius 3 is 2.89 bits per heavy atom. The fourth-order valence-electron chi connectivity index (χ4n) is 1.70. The molecule has 1 N–H and O–H groups in total. The van der Waals surface area contributed by atoms with Gasteiger partial charge in [-0.15, -0.1) is 0 Å². The number of aromatic nitrogens is 1. The van der Waals surface area contributed by atoms with E-state index in [1.807, 2.05) is 0 Å². The summed E-state index contributed by atoms with van der Waals surface area (Å²) in [5.74, 6) is -0.0646. The molecule has 0 unspecified atom stereocenters. The second-order valence-corrected chi connectivity index (χ2v) is 3.93. The van der Waals surface area contributed by atoms with Crippen molar-refractivity contribution in [2.75, 3.05) is 11.9 Å². The summed E-state index contributed by atoms with van der Waals surface area (Å²) in [6, 6.07) is 9.15. The Morgan fingerprint density at radius 1 is 1.32 bits per heavy atom. The molecule has 0 spiro atoms. The molecule has 2 rings (SSSR count). The average Bonchev–Trinajstić information content (AvgIpc) is 2.39. The molecule has 0 radical (unpaired) electrons. The molecule has 0 saturated heterocycles. The summed E-state index contributed by atoms with van der Waals surface area (Å²) in [5, 5.41) is 13.7. The van der Waals surface area contributed by atoms with E-state index in [1.165, 1.54) is 30.5 Å². The average molecular weight is 261 g/mol. The van der Waals surface area contributed by atoms with E-state index in [4.69, 9.17) is 0 Å². The van der Waals surface area contributed by atoms with Crippen LogP contribution in [0.1, 0.15) is 5.56 Å². The van der Waals surface area contributed by atoms with Crippen LogP contribution in [0.3, 0.4) is 0 Å². The molecule has 0 fully saturated rings. The zero-order chi connectivity index (χ0) is 13.7. The first-order chi connectivity index (χ1) is 9.16. The first kappa shape index (κ1) is 12.9. The van der Waals surface area contributed by atoms with Gasteiger partial charge in [-0.05, 0) is 30.2 Å². The van der Waals surface area contributed by atoms with Crippen LogP contribution in [0.2, 0.25) is 0 Å². The number of rotatable bonds is 5. The van der Waals surface area contributed by atoms with E-state index >= 15 is 0 Å². The van der Waals surface area contributed by atoms with Gasteiger partial charge in [0, 0.05) is 18.8 Å². The van der Waals surface area contributed by atoms with Crippen LogP contribution in [0.4, 0.5) is 15.9 Å². The number of pyridine rings is 1. The molecule has 6 heteroatoms. The second kappa shape index (κ2) is 5.90. The van der Waals surface area contributed by atoms with Gasteiger partial charge in [0.2, 0.25) is 5.82 Å². The SMILES string of the molecule is O=[N+]([O-])c1cccnc1NCCc1cccc(F)c1. The van der Waals surface area contributed by atoms with Gasteiger partial charge in [0.05, 0.1) is 4.92 Å². The molecule has 0 aliphatic rings. The number of benzene rings is 1. The monoisotopic (exact) mass is 261 g/mol. The van der Waals surface area contributed by atoms with Gasteiger partial charge >= 0.3 is 5.69 Å². The van der Waals surface area contributed by atoms with Gasteiger partial charge in [-0.3, -0.25) is 10.1 Å². The summed E-state index contributed by atoms with van der Waals surface area (Å²) in [6.07, 6.45) is 2.04. The number of anilines is 1. The van der Waals surface area contributed by atoms with Crippen LogP contribution in [0, 0.1) is 15.9 Å². The number of nitrogens with one attached hydrogen (secondary N) is 1. The van der Waals surface area contributed by atoms with Crippen molar-refractivity contribution >= 4 is 11.5 Å². The minimum absolute atomic E-state index is 0.0678. The smallest absolute Gasteiger partial charge is 0.311 e. The van der Waals surface area contributed by atoms with Gasteiger partial charge in [0.25, 0.3) is 0 Å². The van der Waals surface area contributed by atoms with Gasteiger partial charge in [0.1, 0.15) is 5.82 Å². The van der Waals surface area contributed by atoms with Crippen molar-refractivity contribution in [2.45, 2.75) is 6.42 Å². The summed E-state index contributed by atoms with van der Waals surface area (Å²) in [4.78, 5) is 14.2. The van der Waals surface area contributed by atoms with E-state index in [-0.39, 0.29) is 17.3 Å². The van der Waals surface area contributed by atoms with Crippen molar-refractivity contribution in [2.24, 2.45) is 0 Å². The molecule has 0 bridgehead atoms. The molecule has 1 heterocycles. The van der Waals surface area contributed by atoms with E-state index in [9.17, 15) is 14.5 Å². The molecule has 0 amide bonds. The fraction of sp³-hybridized carbons (Fsp3) is 0.154. The van der Waals surface area contributed by atoms with E-state index < -0.39 is 4.92 Å². The third-order valence-corrected chi connectivity index (χ3v) is 2.58. The Kier molecular flexibility index (Phi) is 4.02. The summed E-state index contributed by atoms with van der Waals surface area (Å²) in [7, 11) is 0. The van der Waals surface area contributed by atoms with Crippen molar-refractivity contribution in [3.63, 3.8) is 0 Å². The Morgan fingerprint density at radius 2 is 2.16 bits per heavy atom. The fourth-order valence-corrected chi connectivity index (χ4v) is 1.70. The number of hydrogen-bond donors (Lipinski definition) is 1. The third-order valence-electron chi connectivity index (χ3n) is 2.58. The second-order valence-electron chi connectivity index (χ2n) is 3.93. The highest BCUT2D eigenvalue weighted by atomic mass is 19.1. The molecule has 5 nitrogen and oxygen atoms in total. The van der Waals surface area contributed by atoms with E-state index in [0.717, 1.165) is 5.56 Å². The number of nitro groups is 1. The molecule has 0 aliphatic heterocycles. The number of halogens is 1. The first-order valence-corrected chi connectivity index (χ1v) is 5.74. The number of hydrogen-bond acceptors (Lipinski definition) is 4. The largest absolute Gasteiger partial charge is 0.364 e. The Balaban J connectivity index is 1.98. The van der Waals surface area contributed by atoms with Crippen molar-refractivity contribution < 1.29 is 9.31 Å². The Bertz CT molecular complexity index is 590. The highest BCUT2D eigenvalue weighted by Crippen LogP contribution is 2.20. The van der Waals surface area contributed by atoms with Crippen LogP contribution in [0.25, 0.3) is 0 Å². The minimum atomic E-state index is -0.489. The summed E-state index contributed by atoms with van der Waals surface area (Å²) < 4.78 is 13.0. The van der Waals surface area contributed by atoms with Gasteiger partial charge in [0.15, 0.2) is 0 Å². The molecule has 0 aliphatic carbocycles. The van der Waals surface area contributed by atoms with Crippen LogP contribution in [-0.4, -0.2) is 16.5 Å². The maximum atomic E-state index is 13.0. The normalized spacial score (nSPS) is 10.2. The topological polar surface area (TPSA) is 68.1 Å². The number of nitrogens with zero attached hydrogens (tertiary/aromatic N) is 2. The molecular formula is C13H12FN3O2. The lowest BCUT2D eigenvalue weighted by atomic mass is 10.1. The van der Waals surface area contributed by atoms with E-state index in [1.54, 1.807) is 12.1 Å². The quantitative estimate of drug-likeness (QED) is 0.663. The Labute approximate surface area is 109 Å². The maximum Gasteiger partial charge on any atom is 0.311 e. The molecular weight excluding hydrogens is 249 g/mol. The summed E-state index contributed by atoms with van der Waals surface area (Å²) >= 11 is 0. The predicted octanol–water partition coefficient (Wildman–Crippen LogP) is 2.78. The zero-order valence-corrected chi connectivity index (χ0v) is 10.0. The highest BCUT2D eigenvalue weighted by Gasteiger charge is 2.12. The lowest BCUT2D eigenvalue weighted by Crippen LogP contribution is -2.08. The van der Waals surface area contributed by atoms with E-state index in [2.05, 4.69) is 10.3 Å². The van der Waals surface area contributed by atoms with Crippen LogP contribution in [0.15, 0.2) is 42.6 Å². The van der Waals surface area contributed by atoms with Crippen molar-refractivity contribution in [1.29, 1.82) is 0 Å². The van der Waals surface area contributed by atoms with Crippen molar-refractivity contribution in [1.82, 2.24) is 4.98 Å². The molecule has 1 aromatic heterocycles. The van der Waals surface area contributed by atoms with Crippen molar-refractivity contribution in [3.05, 3.63) is 64.1 Å². The summed E-state index contributed by atoms with van der Waals surface area (Å²) in [5.41, 5.74) is 0.757. The zero-order valence-electron chi connectivity index (χ0n) is 10.0. The molecule has 98 valence electrons. The maximum absolute atomic E-state index is 13.0. The summed E-state index contributed by atoms with van der Waals surface area (Å²) in [6.45, 7) is 0.446. The lowest BCUT2D eigenvalue weighted by molar-refractivity contribution is -0.384. The van der Waals surface area contributed by atoms with Crippen LogP contribution in [0.5, 0.6) is 0 Å². The standard InChI is InChI=1S/C13H12FN3O2/c14-11-4-1-3-10(9-11)6-8-16-13-12(17(18)19)5-2-7-15-13/h1-5,7,9H,6,8H2,(H,15,16). The van der Waals surface area contributed by atoms with Crippen LogP contribution < -0.4 is 5.32 Å². The Hall–Kier alpha value is -2.50. The molecule has 0 saturated carbocycles. The van der Waals surface area contributed by atoms with Crippen LogP contribution in [-0.2, 0) is 6.42 Å². The molecule has 1 aromatic carbocycles.